The van der Waals surface area contributed by atoms with Gasteiger partial charge in [-0.15, -0.1) is 11.3 Å². The van der Waals surface area contributed by atoms with E-state index in [9.17, 15) is 4.79 Å². The van der Waals surface area contributed by atoms with Crippen LogP contribution in [-0.4, -0.2) is 54.8 Å². The number of nitrogens with zero attached hydrogens (tertiary/aromatic N) is 2. The van der Waals surface area contributed by atoms with E-state index in [-0.39, 0.29) is 18.1 Å². The number of methoxy groups -OCH3 is 1. The zero-order chi connectivity index (χ0) is 16.8. The van der Waals surface area contributed by atoms with Gasteiger partial charge in [0, 0.05) is 26.0 Å². The number of carbonyl (C=O) groups is 1. The van der Waals surface area contributed by atoms with Crippen LogP contribution in [0.2, 0.25) is 0 Å². The molecule has 1 amide bonds. The Bertz CT molecular complexity index is 633. The molecule has 1 aliphatic rings. The van der Waals surface area contributed by atoms with Crippen molar-refractivity contribution < 1.29 is 14.3 Å². The van der Waals surface area contributed by atoms with Gasteiger partial charge in [-0.05, 0) is 42.0 Å². The third kappa shape index (κ3) is 4.01. The Kier molecular flexibility index (Phi) is 5.96. The molecule has 0 saturated carbocycles. The number of aromatic nitrogens is 1. The standard InChI is InChI=1S/C18H22N2O3S/c1-22-10-11-23-16-6-9-20(18(21)17-3-2-12-24-17)15(16)13-14-4-7-19-8-5-14/h2-5,7-8,12,15-16H,6,9-11,13H2,1H3/t15-,16+/m0/s1. The van der Waals surface area contributed by atoms with E-state index in [1.807, 2.05) is 34.5 Å². The molecule has 0 aromatic carbocycles. The van der Waals surface area contributed by atoms with Crippen molar-refractivity contribution in [2.24, 2.45) is 0 Å². The van der Waals surface area contributed by atoms with Crippen molar-refractivity contribution in [3.63, 3.8) is 0 Å². The maximum absolute atomic E-state index is 12.8. The normalized spacial score (nSPS) is 20.5. The molecular formula is C18H22N2O3S. The van der Waals surface area contributed by atoms with Crippen LogP contribution in [0.1, 0.15) is 21.7 Å². The number of hydrogen-bond donors (Lipinski definition) is 0. The van der Waals surface area contributed by atoms with Crippen LogP contribution in [-0.2, 0) is 15.9 Å². The lowest BCUT2D eigenvalue weighted by Gasteiger charge is -2.28. The molecule has 1 fully saturated rings. The predicted molar refractivity (Wildman–Crippen MR) is 93.3 cm³/mol. The van der Waals surface area contributed by atoms with Crippen LogP contribution in [0.15, 0.2) is 42.0 Å². The average molecular weight is 346 g/mol. The van der Waals surface area contributed by atoms with E-state index >= 15 is 0 Å². The number of carbonyl (C=O) groups excluding carboxylic acids is 1. The molecule has 0 unspecified atom stereocenters. The first-order valence-corrected chi connectivity index (χ1v) is 9.01. The van der Waals surface area contributed by atoms with Crippen LogP contribution in [0.5, 0.6) is 0 Å². The van der Waals surface area contributed by atoms with Crippen molar-refractivity contribution in [2.75, 3.05) is 26.9 Å². The number of pyridine rings is 1. The Morgan fingerprint density at radius 1 is 1.33 bits per heavy atom. The Morgan fingerprint density at radius 3 is 2.88 bits per heavy atom. The summed E-state index contributed by atoms with van der Waals surface area (Å²) in [6, 6.07) is 7.84. The molecule has 2 atom stereocenters. The fourth-order valence-electron chi connectivity index (χ4n) is 3.10. The third-order valence-corrected chi connectivity index (χ3v) is 5.15. The first kappa shape index (κ1) is 17.1. The lowest BCUT2D eigenvalue weighted by atomic mass is 10.0. The van der Waals surface area contributed by atoms with E-state index in [1.165, 1.54) is 16.9 Å². The summed E-state index contributed by atoms with van der Waals surface area (Å²) in [6.07, 6.45) is 5.25. The number of likely N-dealkylation sites (tertiary alicyclic amines) is 1. The van der Waals surface area contributed by atoms with Gasteiger partial charge in [0.05, 0.1) is 30.2 Å². The quantitative estimate of drug-likeness (QED) is 0.723. The van der Waals surface area contributed by atoms with E-state index in [4.69, 9.17) is 9.47 Å². The highest BCUT2D eigenvalue weighted by molar-refractivity contribution is 7.12. The predicted octanol–water partition coefficient (Wildman–Crippen LogP) is 2.63. The van der Waals surface area contributed by atoms with E-state index in [1.54, 1.807) is 19.5 Å². The highest BCUT2D eigenvalue weighted by Crippen LogP contribution is 2.27. The molecule has 0 spiro atoms. The highest BCUT2D eigenvalue weighted by atomic mass is 32.1. The van der Waals surface area contributed by atoms with Crippen LogP contribution in [0.4, 0.5) is 0 Å². The van der Waals surface area contributed by atoms with Gasteiger partial charge in [-0.1, -0.05) is 6.07 Å². The van der Waals surface area contributed by atoms with Gasteiger partial charge in [-0.2, -0.15) is 0 Å². The molecule has 1 saturated heterocycles. The molecule has 0 aliphatic carbocycles. The molecule has 0 bridgehead atoms. The van der Waals surface area contributed by atoms with E-state index < -0.39 is 0 Å². The van der Waals surface area contributed by atoms with E-state index in [0.29, 0.717) is 13.2 Å². The molecule has 3 heterocycles. The molecular weight excluding hydrogens is 324 g/mol. The molecule has 24 heavy (non-hydrogen) atoms. The van der Waals surface area contributed by atoms with Gasteiger partial charge in [0.25, 0.3) is 5.91 Å². The number of amides is 1. The van der Waals surface area contributed by atoms with Gasteiger partial charge in [-0.3, -0.25) is 9.78 Å². The van der Waals surface area contributed by atoms with Crippen molar-refractivity contribution in [1.29, 1.82) is 0 Å². The van der Waals surface area contributed by atoms with Gasteiger partial charge in [0.15, 0.2) is 0 Å². The molecule has 2 aromatic rings. The van der Waals surface area contributed by atoms with Crippen molar-refractivity contribution in [2.45, 2.75) is 25.0 Å². The monoisotopic (exact) mass is 346 g/mol. The lowest BCUT2D eigenvalue weighted by Crippen LogP contribution is -2.42. The van der Waals surface area contributed by atoms with Gasteiger partial charge in [0.1, 0.15) is 0 Å². The molecule has 3 rings (SSSR count). The largest absolute Gasteiger partial charge is 0.382 e. The summed E-state index contributed by atoms with van der Waals surface area (Å²) in [5.74, 6) is 0.0990. The Balaban J connectivity index is 1.75. The van der Waals surface area contributed by atoms with Crippen molar-refractivity contribution in [3.05, 3.63) is 52.5 Å². The summed E-state index contributed by atoms with van der Waals surface area (Å²) in [5, 5.41) is 1.94. The molecule has 2 aromatic heterocycles. The number of hydrogen-bond acceptors (Lipinski definition) is 5. The first-order chi connectivity index (χ1) is 11.8. The van der Waals surface area contributed by atoms with Gasteiger partial charge in [-0.25, -0.2) is 0 Å². The summed E-state index contributed by atoms with van der Waals surface area (Å²) < 4.78 is 11.1. The van der Waals surface area contributed by atoms with Crippen LogP contribution in [0.3, 0.4) is 0 Å². The molecule has 5 nitrogen and oxygen atoms in total. The minimum absolute atomic E-state index is 0.0391. The van der Waals surface area contributed by atoms with E-state index in [2.05, 4.69) is 4.98 Å². The number of thiophene rings is 1. The van der Waals surface area contributed by atoms with Crippen LogP contribution >= 0.6 is 11.3 Å². The summed E-state index contributed by atoms with van der Waals surface area (Å²) in [5.41, 5.74) is 1.17. The first-order valence-electron chi connectivity index (χ1n) is 8.13. The van der Waals surface area contributed by atoms with Crippen molar-refractivity contribution >= 4 is 17.2 Å². The molecule has 128 valence electrons. The third-order valence-electron chi connectivity index (χ3n) is 4.29. The summed E-state index contributed by atoms with van der Waals surface area (Å²) >= 11 is 1.49. The molecule has 1 aliphatic heterocycles. The van der Waals surface area contributed by atoms with Crippen LogP contribution in [0.25, 0.3) is 0 Å². The minimum atomic E-state index is 0.0391. The van der Waals surface area contributed by atoms with Gasteiger partial charge < -0.3 is 14.4 Å². The zero-order valence-corrected chi connectivity index (χ0v) is 14.6. The molecule has 6 heteroatoms. The van der Waals surface area contributed by atoms with Crippen molar-refractivity contribution in [3.8, 4) is 0 Å². The fourth-order valence-corrected chi connectivity index (χ4v) is 3.78. The summed E-state index contributed by atoms with van der Waals surface area (Å²) in [6.45, 7) is 1.84. The van der Waals surface area contributed by atoms with Gasteiger partial charge in [0.2, 0.25) is 0 Å². The second-order valence-corrected chi connectivity index (χ2v) is 6.74. The topological polar surface area (TPSA) is 51.7 Å². The summed E-state index contributed by atoms with van der Waals surface area (Å²) in [7, 11) is 1.67. The van der Waals surface area contributed by atoms with Crippen LogP contribution < -0.4 is 0 Å². The second kappa shape index (κ2) is 8.37. The maximum atomic E-state index is 12.8. The SMILES string of the molecule is COCCO[C@@H]1CCN(C(=O)c2cccs2)[C@H]1Cc1ccncc1. The zero-order valence-electron chi connectivity index (χ0n) is 13.8. The summed E-state index contributed by atoms with van der Waals surface area (Å²) in [4.78, 5) is 19.6. The molecule has 0 radical (unpaired) electrons. The Labute approximate surface area is 146 Å². The van der Waals surface area contributed by atoms with Gasteiger partial charge >= 0.3 is 0 Å². The smallest absolute Gasteiger partial charge is 0.264 e. The lowest BCUT2D eigenvalue weighted by molar-refractivity contribution is 0.000557. The average Bonchev–Trinajstić information content (AvgIpc) is 3.26. The minimum Gasteiger partial charge on any atom is -0.382 e. The van der Waals surface area contributed by atoms with E-state index in [0.717, 1.165) is 24.3 Å². The van der Waals surface area contributed by atoms with Crippen molar-refractivity contribution in [1.82, 2.24) is 9.88 Å². The highest BCUT2D eigenvalue weighted by Gasteiger charge is 2.38. The Morgan fingerprint density at radius 2 is 2.17 bits per heavy atom. The second-order valence-electron chi connectivity index (χ2n) is 5.79. The maximum Gasteiger partial charge on any atom is 0.264 e. The number of ether oxygens (including phenoxy) is 2. The fraction of sp³-hybridized carbons (Fsp3) is 0.444. The molecule has 0 N–H and O–H groups in total. The Hall–Kier alpha value is -1.76. The van der Waals surface area contributed by atoms with Crippen LogP contribution in [0, 0.1) is 0 Å². The number of rotatable bonds is 7.